The quantitative estimate of drug-likeness (QED) is 0.384. The number of carbonyl (C=O) groups is 1. The summed E-state index contributed by atoms with van der Waals surface area (Å²) < 4.78 is 1.90. The van der Waals surface area contributed by atoms with E-state index in [0.717, 1.165) is 33.0 Å². The molecule has 1 unspecified atom stereocenters. The number of benzene rings is 1. The van der Waals surface area contributed by atoms with Crippen LogP contribution in [0.5, 0.6) is 0 Å². The van der Waals surface area contributed by atoms with E-state index in [2.05, 4.69) is 66.7 Å². The fraction of sp³-hybridized carbons (Fsp3) is 0.417. The Hall–Kier alpha value is 0.380. The second kappa shape index (κ2) is 7.74. The lowest BCUT2D eigenvalue weighted by atomic mass is 10.2. The Balaban J connectivity index is 2.49. The lowest BCUT2D eigenvalue weighted by Crippen LogP contribution is -2.25. The average Bonchev–Trinajstić information content (AvgIpc) is 2.27. The number of hydrogen-bond acceptors (Lipinski definition) is 1. The van der Waals surface area contributed by atoms with Crippen LogP contribution in [0.1, 0.15) is 30.1 Å². The van der Waals surface area contributed by atoms with E-state index in [0.29, 0.717) is 4.83 Å². The summed E-state index contributed by atoms with van der Waals surface area (Å²) >= 11 is 9.04. The monoisotopic (exact) mass is 473 g/mol. The molecule has 1 aromatic rings. The molecular weight excluding hydrogens is 461 g/mol. The molecule has 0 heterocycles. The molecule has 1 aromatic carbocycles. The van der Waals surface area contributed by atoms with Gasteiger partial charge in [0.15, 0.2) is 0 Å². The topological polar surface area (TPSA) is 29.1 Å². The van der Waals surface area contributed by atoms with E-state index in [-0.39, 0.29) is 5.91 Å². The van der Waals surface area contributed by atoms with Gasteiger partial charge in [-0.2, -0.15) is 0 Å². The van der Waals surface area contributed by atoms with Gasteiger partial charge in [-0.15, -0.1) is 0 Å². The standard InChI is InChI=1S/C12H14Br2INO/c1-8(13)3-2-6-16-12(17)10-7-9(14)4-5-11(10)15/h4-5,7-8H,2-3,6H2,1H3,(H,16,17). The molecule has 0 bridgehead atoms. The number of carbonyl (C=O) groups excluding carboxylic acids is 1. The zero-order valence-electron chi connectivity index (χ0n) is 9.47. The molecule has 1 atom stereocenters. The first-order chi connectivity index (χ1) is 8.00. The normalized spacial score (nSPS) is 12.2. The minimum atomic E-state index is -0.00192. The smallest absolute Gasteiger partial charge is 0.252 e. The van der Waals surface area contributed by atoms with Crippen LogP contribution in [0.25, 0.3) is 0 Å². The molecule has 94 valence electrons. The number of hydrogen-bond donors (Lipinski definition) is 1. The first-order valence-electron chi connectivity index (χ1n) is 5.38. The maximum Gasteiger partial charge on any atom is 0.252 e. The maximum absolute atomic E-state index is 11.9. The van der Waals surface area contributed by atoms with Crippen LogP contribution in [0.2, 0.25) is 0 Å². The van der Waals surface area contributed by atoms with Crippen molar-refractivity contribution < 1.29 is 4.79 Å². The second-order valence-corrected chi connectivity index (χ2v) is 7.44. The van der Waals surface area contributed by atoms with E-state index in [1.807, 2.05) is 18.2 Å². The van der Waals surface area contributed by atoms with Crippen LogP contribution in [0, 0.1) is 3.57 Å². The zero-order valence-corrected chi connectivity index (χ0v) is 14.8. The van der Waals surface area contributed by atoms with E-state index in [9.17, 15) is 4.79 Å². The van der Waals surface area contributed by atoms with Crippen LogP contribution in [-0.4, -0.2) is 17.3 Å². The van der Waals surface area contributed by atoms with E-state index in [1.165, 1.54) is 0 Å². The van der Waals surface area contributed by atoms with Gasteiger partial charge in [0.1, 0.15) is 0 Å². The molecule has 0 spiro atoms. The van der Waals surface area contributed by atoms with Crippen LogP contribution in [-0.2, 0) is 0 Å². The SMILES string of the molecule is CC(Br)CCCNC(=O)c1cc(Br)ccc1I. The van der Waals surface area contributed by atoms with Crippen molar-refractivity contribution in [2.45, 2.75) is 24.6 Å². The fourth-order valence-electron chi connectivity index (χ4n) is 1.35. The summed E-state index contributed by atoms with van der Waals surface area (Å²) in [5, 5.41) is 2.94. The Morgan fingerprint density at radius 3 is 2.88 bits per heavy atom. The lowest BCUT2D eigenvalue weighted by Gasteiger charge is -2.08. The zero-order chi connectivity index (χ0) is 12.8. The van der Waals surface area contributed by atoms with Gasteiger partial charge >= 0.3 is 0 Å². The molecule has 0 aromatic heterocycles. The highest BCUT2D eigenvalue weighted by Crippen LogP contribution is 2.18. The Kier molecular flexibility index (Phi) is 7.02. The van der Waals surface area contributed by atoms with Gasteiger partial charge in [0.05, 0.1) is 5.56 Å². The summed E-state index contributed by atoms with van der Waals surface area (Å²) in [5.41, 5.74) is 0.729. The number of amides is 1. The predicted octanol–water partition coefficient (Wildman–Crippen LogP) is 4.35. The van der Waals surface area contributed by atoms with Gasteiger partial charge in [-0.25, -0.2) is 0 Å². The van der Waals surface area contributed by atoms with Gasteiger partial charge in [0.2, 0.25) is 0 Å². The number of nitrogens with one attached hydrogen (secondary N) is 1. The maximum atomic E-state index is 11.9. The largest absolute Gasteiger partial charge is 0.352 e. The van der Waals surface area contributed by atoms with E-state index < -0.39 is 0 Å². The molecule has 0 saturated heterocycles. The molecule has 1 N–H and O–H groups in total. The van der Waals surface area contributed by atoms with Crippen LogP contribution in [0.15, 0.2) is 22.7 Å². The molecule has 0 aliphatic rings. The number of alkyl halides is 1. The Morgan fingerprint density at radius 1 is 1.53 bits per heavy atom. The highest BCUT2D eigenvalue weighted by atomic mass is 127. The predicted molar refractivity (Wildman–Crippen MR) is 86.8 cm³/mol. The Morgan fingerprint density at radius 2 is 2.24 bits per heavy atom. The van der Waals surface area contributed by atoms with Gasteiger partial charge in [-0.1, -0.05) is 38.8 Å². The van der Waals surface area contributed by atoms with Crippen molar-refractivity contribution in [3.05, 3.63) is 31.8 Å². The third-order valence-corrected chi connectivity index (χ3v) is 4.13. The third kappa shape index (κ3) is 5.70. The van der Waals surface area contributed by atoms with Crippen molar-refractivity contribution in [3.8, 4) is 0 Å². The number of halogens is 3. The van der Waals surface area contributed by atoms with Crippen LogP contribution in [0.4, 0.5) is 0 Å². The van der Waals surface area contributed by atoms with Gasteiger partial charge in [-0.05, 0) is 53.6 Å². The van der Waals surface area contributed by atoms with Crippen molar-refractivity contribution >= 4 is 60.4 Å². The van der Waals surface area contributed by atoms with E-state index >= 15 is 0 Å². The summed E-state index contributed by atoms with van der Waals surface area (Å²) in [6.45, 7) is 2.83. The van der Waals surface area contributed by atoms with Gasteiger partial charge in [-0.3, -0.25) is 4.79 Å². The molecular formula is C12H14Br2INO. The third-order valence-electron chi connectivity index (χ3n) is 2.24. The molecule has 0 aliphatic heterocycles. The number of rotatable bonds is 5. The minimum Gasteiger partial charge on any atom is -0.352 e. The first-order valence-corrected chi connectivity index (χ1v) is 8.16. The van der Waals surface area contributed by atoms with E-state index in [4.69, 9.17) is 0 Å². The first kappa shape index (κ1) is 15.4. The molecule has 2 nitrogen and oxygen atoms in total. The lowest BCUT2D eigenvalue weighted by molar-refractivity contribution is 0.0952. The summed E-state index contributed by atoms with van der Waals surface area (Å²) in [6.07, 6.45) is 2.05. The molecule has 1 rings (SSSR count). The van der Waals surface area contributed by atoms with Crippen molar-refractivity contribution in [1.29, 1.82) is 0 Å². The van der Waals surface area contributed by atoms with Crippen molar-refractivity contribution in [2.24, 2.45) is 0 Å². The fourth-order valence-corrected chi connectivity index (χ4v) is 2.62. The van der Waals surface area contributed by atoms with Crippen molar-refractivity contribution in [2.75, 3.05) is 6.54 Å². The van der Waals surface area contributed by atoms with Crippen molar-refractivity contribution in [1.82, 2.24) is 5.32 Å². The minimum absolute atomic E-state index is 0.00192. The Bertz CT molecular complexity index is 396. The molecule has 0 saturated carbocycles. The summed E-state index contributed by atoms with van der Waals surface area (Å²) in [6, 6.07) is 5.72. The second-order valence-electron chi connectivity index (χ2n) is 3.80. The van der Waals surface area contributed by atoms with E-state index in [1.54, 1.807) is 0 Å². The highest BCUT2D eigenvalue weighted by Gasteiger charge is 2.09. The van der Waals surface area contributed by atoms with Crippen LogP contribution < -0.4 is 5.32 Å². The molecule has 0 fully saturated rings. The molecule has 17 heavy (non-hydrogen) atoms. The highest BCUT2D eigenvalue weighted by molar-refractivity contribution is 14.1. The molecule has 5 heteroatoms. The van der Waals surface area contributed by atoms with Gasteiger partial charge in [0, 0.05) is 19.4 Å². The molecule has 0 radical (unpaired) electrons. The molecule has 1 amide bonds. The molecule has 0 aliphatic carbocycles. The van der Waals surface area contributed by atoms with Crippen LogP contribution >= 0.6 is 54.5 Å². The average molecular weight is 475 g/mol. The summed E-state index contributed by atoms with van der Waals surface area (Å²) in [7, 11) is 0. The van der Waals surface area contributed by atoms with Crippen LogP contribution in [0.3, 0.4) is 0 Å². The summed E-state index contributed by atoms with van der Waals surface area (Å²) in [5.74, 6) is -0.00192. The summed E-state index contributed by atoms with van der Waals surface area (Å²) in [4.78, 5) is 12.4. The van der Waals surface area contributed by atoms with Gasteiger partial charge < -0.3 is 5.32 Å². The van der Waals surface area contributed by atoms with Gasteiger partial charge in [0.25, 0.3) is 5.91 Å². The van der Waals surface area contributed by atoms with Crippen molar-refractivity contribution in [3.63, 3.8) is 0 Å². The Labute approximate surface area is 132 Å².